The summed E-state index contributed by atoms with van der Waals surface area (Å²) in [5, 5.41) is 0. The minimum absolute atomic E-state index is 0.0890. The predicted molar refractivity (Wildman–Crippen MR) is 89.7 cm³/mol. The molecule has 25 heavy (non-hydrogen) atoms. The molecule has 0 bridgehead atoms. The normalized spacial score (nSPS) is 20.7. The third-order valence-corrected chi connectivity index (χ3v) is 4.52. The molecule has 1 amide bonds. The smallest absolute Gasteiger partial charge is 0.223 e. The number of likely N-dealkylation sites (tertiary alicyclic amines) is 1. The molecule has 0 aliphatic carbocycles. The second kappa shape index (κ2) is 7.33. The largest absolute Gasteiger partial charge is 0.441 e. The van der Waals surface area contributed by atoms with Gasteiger partial charge in [0.15, 0.2) is 11.7 Å². The number of aryl methyl sites for hydroxylation is 1. The highest BCUT2D eigenvalue weighted by Gasteiger charge is 2.25. The molecule has 3 rings (SSSR count). The summed E-state index contributed by atoms with van der Waals surface area (Å²) in [7, 11) is 0. The van der Waals surface area contributed by atoms with Crippen molar-refractivity contribution >= 4 is 5.91 Å². The van der Waals surface area contributed by atoms with E-state index < -0.39 is 11.6 Å². The van der Waals surface area contributed by atoms with Gasteiger partial charge in [0.2, 0.25) is 5.91 Å². The van der Waals surface area contributed by atoms with Gasteiger partial charge >= 0.3 is 0 Å². The van der Waals surface area contributed by atoms with Crippen LogP contribution < -0.4 is 0 Å². The first kappa shape index (κ1) is 17.6. The molecule has 1 fully saturated rings. The van der Waals surface area contributed by atoms with Crippen LogP contribution >= 0.6 is 0 Å². The second-order valence-corrected chi connectivity index (χ2v) is 6.99. The second-order valence-electron chi connectivity index (χ2n) is 6.99. The maximum absolute atomic E-state index is 13.8. The average molecular weight is 348 g/mol. The molecule has 2 heterocycles. The minimum Gasteiger partial charge on any atom is -0.441 e. The molecule has 0 spiro atoms. The number of aromatic nitrogens is 1. The van der Waals surface area contributed by atoms with Gasteiger partial charge in [0, 0.05) is 32.0 Å². The monoisotopic (exact) mass is 348 g/mol. The number of oxazole rings is 1. The number of piperidine rings is 1. The number of halogens is 2. The lowest BCUT2D eigenvalue weighted by Crippen LogP contribution is -2.42. The van der Waals surface area contributed by atoms with E-state index in [9.17, 15) is 13.6 Å². The minimum atomic E-state index is -0.699. The van der Waals surface area contributed by atoms with Crippen LogP contribution in [0.15, 0.2) is 28.8 Å². The zero-order chi connectivity index (χ0) is 18.0. The van der Waals surface area contributed by atoms with Gasteiger partial charge in [0.05, 0.1) is 11.8 Å². The van der Waals surface area contributed by atoms with Crippen molar-refractivity contribution in [2.75, 3.05) is 13.1 Å². The van der Waals surface area contributed by atoms with Crippen molar-refractivity contribution in [3.05, 3.63) is 41.9 Å². The van der Waals surface area contributed by atoms with Gasteiger partial charge in [-0.1, -0.05) is 13.8 Å². The molecule has 0 N–H and O–H groups in total. The Bertz CT molecular complexity index is 750. The van der Waals surface area contributed by atoms with Gasteiger partial charge < -0.3 is 9.32 Å². The Morgan fingerprint density at radius 3 is 2.68 bits per heavy atom. The van der Waals surface area contributed by atoms with E-state index in [0.717, 1.165) is 25.6 Å². The molecular formula is C19H22F2N2O2. The van der Waals surface area contributed by atoms with Crippen molar-refractivity contribution in [1.29, 1.82) is 0 Å². The van der Waals surface area contributed by atoms with Crippen molar-refractivity contribution in [2.45, 2.75) is 33.1 Å². The Morgan fingerprint density at radius 2 is 2.00 bits per heavy atom. The quantitative estimate of drug-likeness (QED) is 0.837. The van der Waals surface area contributed by atoms with Gasteiger partial charge in [0.25, 0.3) is 0 Å². The third kappa shape index (κ3) is 4.24. The number of rotatable bonds is 4. The number of amides is 1. The van der Waals surface area contributed by atoms with E-state index in [1.54, 1.807) is 0 Å². The standard InChI is InChI=1S/C19H22F2N2O2/c1-12-7-13(2)11-23(10-12)19(24)6-5-18-22-9-17(25-18)15-4-3-14(20)8-16(15)21/h3-4,8-9,12-13H,5-7,10-11H2,1-2H3. The molecule has 0 radical (unpaired) electrons. The number of hydrogen-bond acceptors (Lipinski definition) is 3. The summed E-state index contributed by atoms with van der Waals surface area (Å²) in [6.07, 6.45) is 3.23. The number of carbonyl (C=O) groups excluding carboxylic acids is 1. The summed E-state index contributed by atoms with van der Waals surface area (Å²) < 4.78 is 32.3. The maximum Gasteiger partial charge on any atom is 0.223 e. The fourth-order valence-corrected chi connectivity index (χ4v) is 3.48. The van der Waals surface area contributed by atoms with E-state index in [1.165, 1.54) is 18.3 Å². The molecule has 4 nitrogen and oxygen atoms in total. The maximum atomic E-state index is 13.8. The third-order valence-electron chi connectivity index (χ3n) is 4.52. The Labute approximate surface area is 145 Å². The fraction of sp³-hybridized carbons (Fsp3) is 0.474. The summed E-state index contributed by atoms with van der Waals surface area (Å²) in [5.74, 6) is 0.396. The Hall–Kier alpha value is -2.24. The van der Waals surface area contributed by atoms with Crippen LogP contribution in [-0.4, -0.2) is 28.9 Å². The zero-order valence-electron chi connectivity index (χ0n) is 14.5. The highest BCUT2D eigenvalue weighted by molar-refractivity contribution is 5.76. The average Bonchev–Trinajstić information content (AvgIpc) is 3.00. The van der Waals surface area contributed by atoms with Crippen molar-refractivity contribution in [1.82, 2.24) is 9.88 Å². The number of benzene rings is 1. The molecule has 6 heteroatoms. The van der Waals surface area contributed by atoms with Crippen molar-refractivity contribution in [3.63, 3.8) is 0 Å². The Morgan fingerprint density at radius 1 is 1.28 bits per heavy atom. The highest BCUT2D eigenvalue weighted by Crippen LogP contribution is 2.25. The van der Waals surface area contributed by atoms with Crippen LogP contribution in [0.4, 0.5) is 8.78 Å². The van der Waals surface area contributed by atoms with Gasteiger partial charge in [-0.25, -0.2) is 13.8 Å². The topological polar surface area (TPSA) is 46.3 Å². The van der Waals surface area contributed by atoms with Crippen LogP contribution in [0.5, 0.6) is 0 Å². The first-order valence-corrected chi connectivity index (χ1v) is 8.60. The molecule has 1 aliphatic rings. The van der Waals surface area contributed by atoms with Crippen LogP contribution in [0.1, 0.15) is 32.6 Å². The molecule has 1 saturated heterocycles. The van der Waals surface area contributed by atoms with Crippen LogP contribution in [0.25, 0.3) is 11.3 Å². The van der Waals surface area contributed by atoms with E-state index >= 15 is 0 Å². The highest BCUT2D eigenvalue weighted by atomic mass is 19.1. The summed E-state index contributed by atoms with van der Waals surface area (Å²) in [6.45, 7) is 5.91. The van der Waals surface area contributed by atoms with E-state index in [0.29, 0.717) is 30.6 Å². The van der Waals surface area contributed by atoms with E-state index in [2.05, 4.69) is 18.8 Å². The first-order chi connectivity index (χ1) is 11.9. The number of nitrogens with zero attached hydrogens (tertiary/aromatic N) is 2. The summed E-state index contributed by atoms with van der Waals surface area (Å²) in [4.78, 5) is 18.4. The van der Waals surface area contributed by atoms with Crippen molar-refractivity contribution < 1.29 is 18.0 Å². The van der Waals surface area contributed by atoms with Gasteiger partial charge in [-0.15, -0.1) is 0 Å². The van der Waals surface area contributed by atoms with Crippen LogP contribution in [0, 0.1) is 23.5 Å². The molecule has 134 valence electrons. The summed E-state index contributed by atoms with van der Waals surface area (Å²) >= 11 is 0. The molecule has 1 aromatic carbocycles. The molecule has 0 saturated carbocycles. The van der Waals surface area contributed by atoms with Gasteiger partial charge in [-0.05, 0) is 30.4 Å². The van der Waals surface area contributed by atoms with Crippen LogP contribution in [0.3, 0.4) is 0 Å². The van der Waals surface area contributed by atoms with Crippen LogP contribution in [0.2, 0.25) is 0 Å². The lowest BCUT2D eigenvalue weighted by Gasteiger charge is -2.35. The molecule has 1 aliphatic heterocycles. The predicted octanol–water partition coefficient (Wildman–Crippen LogP) is 4.06. The lowest BCUT2D eigenvalue weighted by molar-refractivity contribution is -0.133. The van der Waals surface area contributed by atoms with E-state index in [4.69, 9.17) is 4.42 Å². The molecule has 2 unspecified atom stereocenters. The summed E-state index contributed by atoms with van der Waals surface area (Å²) in [6, 6.07) is 3.29. The molecule has 1 aromatic heterocycles. The Balaban J connectivity index is 1.61. The fourth-order valence-electron chi connectivity index (χ4n) is 3.48. The molecular weight excluding hydrogens is 326 g/mol. The van der Waals surface area contributed by atoms with Crippen LogP contribution in [-0.2, 0) is 11.2 Å². The van der Waals surface area contributed by atoms with Crippen molar-refractivity contribution in [3.8, 4) is 11.3 Å². The Kier molecular flexibility index (Phi) is 5.16. The van der Waals surface area contributed by atoms with Gasteiger partial charge in [0.1, 0.15) is 11.6 Å². The van der Waals surface area contributed by atoms with Crippen molar-refractivity contribution in [2.24, 2.45) is 11.8 Å². The lowest BCUT2D eigenvalue weighted by atomic mass is 9.91. The molecule has 2 atom stereocenters. The van der Waals surface area contributed by atoms with E-state index in [-0.39, 0.29) is 17.2 Å². The first-order valence-electron chi connectivity index (χ1n) is 8.60. The molecule has 2 aromatic rings. The number of hydrogen-bond donors (Lipinski definition) is 0. The SMILES string of the molecule is CC1CC(C)CN(C(=O)CCc2ncc(-c3ccc(F)cc3F)o2)C1. The van der Waals surface area contributed by atoms with Gasteiger partial charge in [-0.3, -0.25) is 4.79 Å². The van der Waals surface area contributed by atoms with Gasteiger partial charge in [-0.2, -0.15) is 0 Å². The summed E-state index contributed by atoms with van der Waals surface area (Å²) in [5.41, 5.74) is 0.158. The number of carbonyl (C=O) groups is 1. The zero-order valence-corrected chi connectivity index (χ0v) is 14.5. The van der Waals surface area contributed by atoms with E-state index in [1.807, 2.05) is 4.90 Å².